The molecule has 0 saturated heterocycles. The molecule has 0 aliphatic rings. The van der Waals surface area contributed by atoms with Crippen molar-refractivity contribution in [2.45, 2.75) is 123 Å². The minimum absolute atomic E-state index is 0.0574. The van der Waals surface area contributed by atoms with Gasteiger partial charge in [0.05, 0.1) is 0 Å². The number of carbonyl (C=O) groups is 5. The van der Waals surface area contributed by atoms with E-state index in [1.54, 1.807) is 0 Å². The number of aromatic nitrogens is 3. The van der Waals surface area contributed by atoms with Crippen LogP contribution < -0.4 is 22.4 Å². The first kappa shape index (κ1) is 46.2. The number of ether oxygens (including phenoxy) is 4. The third kappa shape index (κ3) is 20.1. The largest absolute Gasteiger partial charge is 0.462 e. The van der Waals surface area contributed by atoms with Crippen LogP contribution in [0, 0.1) is 0 Å². The predicted molar refractivity (Wildman–Crippen MR) is 193 cm³/mol. The lowest BCUT2D eigenvalue weighted by atomic mass is 10.1. The lowest BCUT2D eigenvalue weighted by molar-refractivity contribution is -0.149. The van der Waals surface area contributed by atoms with Crippen LogP contribution in [0.25, 0.3) is 0 Å². The molecule has 0 saturated carbocycles. The van der Waals surface area contributed by atoms with Crippen LogP contribution in [0.5, 0.6) is 0 Å². The molecule has 1 aromatic rings. The van der Waals surface area contributed by atoms with Crippen LogP contribution >= 0.6 is 0 Å². The van der Waals surface area contributed by atoms with E-state index >= 15 is 0 Å². The van der Waals surface area contributed by atoms with E-state index in [4.69, 9.17) is 18.9 Å². The Balaban J connectivity index is 2.72. The molecule has 0 aliphatic carbocycles. The summed E-state index contributed by atoms with van der Waals surface area (Å²) in [6, 6.07) is 0. The Hall–Kier alpha value is -4.80. The van der Waals surface area contributed by atoms with Gasteiger partial charge in [0.15, 0.2) is 0 Å². The molecule has 0 aliphatic heterocycles. The first-order chi connectivity index (χ1) is 25.4. The van der Waals surface area contributed by atoms with Crippen molar-refractivity contribution >= 4 is 29.8 Å². The Morgan fingerprint density at radius 1 is 0.585 bits per heavy atom. The second-order valence-corrected chi connectivity index (χ2v) is 12.2. The van der Waals surface area contributed by atoms with Crippen molar-refractivity contribution in [1.82, 2.24) is 19.0 Å². The molecule has 1 rings (SSSR count). The number of rotatable bonds is 30. The molecular weight excluding hydrogens is 696 g/mol. The summed E-state index contributed by atoms with van der Waals surface area (Å²) in [5.41, 5.74) is -2.05. The van der Waals surface area contributed by atoms with Crippen molar-refractivity contribution in [2.75, 3.05) is 33.0 Å². The molecule has 0 spiro atoms. The van der Waals surface area contributed by atoms with Crippen LogP contribution in [0.4, 0.5) is 0 Å². The van der Waals surface area contributed by atoms with Crippen LogP contribution in [-0.2, 0) is 62.6 Å². The minimum Gasteiger partial charge on any atom is -0.462 e. The first-order valence-electron chi connectivity index (χ1n) is 18.2. The molecule has 1 unspecified atom stereocenters. The summed E-state index contributed by atoms with van der Waals surface area (Å²) in [4.78, 5) is 97.4. The van der Waals surface area contributed by atoms with E-state index in [-0.39, 0.29) is 58.9 Å². The molecule has 0 fully saturated rings. The highest BCUT2D eigenvalue weighted by atomic mass is 16.6. The number of nitrogens with zero attached hydrogens (tertiary/aromatic N) is 3. The number of unbranched alkanes of at least 4 members (excludes halogenated alkanes) is 9. The molecule has 53 heavy (non-hydrogen) atoms. The lowest BCUT2D eigenvalue weighted by Gasteiger charge is -2.14. The van der Waals surface area contributed by atoms with E-state index in [1.807, 2.05) is 0 Å². The SMILES string of the molecule is C=CC(=O)OCCOC(=O)CCCCCCn1c(=O)n(CCCCCCNC(=O)C(C)O)c(=O)n(CCCCCCC(=O)OCCOC(=O)C=C)c1=O. The Kier molecular flexibility index (Phi) is 24.2. The summed E-state index contributed by atoms with van der Waals surface area (Å²) < 4.78 is 22.8. The summed E-state index contributed by atoms with van der Waals surface area (Å²) in [7, 11) is 0. The highest BCUT2D eigenvalue weighted by Gasteiger charge is 2.16. The van der Waals surface area contributed by atoms with Crippen LogP contribution in [-0.4, -0.2) is 87.7 Å². The molecule has 0 bridgehead atoms. The third-order valence-electron chi connectivity index (χ3n) is 7.91. The van der Waals surface area contributed by atoms with Crippen LogP contribution in [0.3, 0.4) is 0 Å². The van der Waals surface area contributed by atoms with Crippen molar-refractivity contribution in [3.05, 3.63) is 56.8 Å². The fraction of sp³-hybridized carbons (Fsp3) is 0.667. The average molecular weight is 753 g/mol. The van der Waals surface area contributed by atoms with Gasteiger partial charge in [-0.1, -0.05) is 51.7 Å². The Labute approximate surface area is 308 Å². The fourth-order valence-electron chi connectivity index (χ4n) is 5.01. The summed E-state index contributed by atoms with van der Waals surface area (Å²) in [6.07, 6.45) is 8.27. The third-order valence-corrected chi connectivity index (χ3v) is 7.91. The van der Waals surface area contributed by atoms with Crippen molar-refractivity contribution in [3.63, 3.8) is 0 Å². The zero-order valence-corrected chi connectivity index (χ0v) is 30.9. The number of esters is 4. The van der Waals surface area contributed by atoms with Gasteiger partial charge in [0.2, 0.25) is 5.91 Å². The van der Waals surface area contributed by atoms with Gasteiger partial charge in [0.1, 0.15) is 32.5 Å². The molecule has 17 heteroatoms. The smallest absolute Gasteiger partial charge is 0.336 e. The van der Waals surface area contributed by atoms with E-state index in [2.05, 4.69) is 18.5 Å². The highest BCUT2D eigenvalue weighted by Crippen LogP contribution is 2.07. The number of carbonyl (C=O) groups excluding carboxylic acids is 5. The first-order valence-corrected chi connectivity index (χ1v) is 18.2. The van der Waals surface area contributed by atoms with Crippen LogP contribution in [0.1, 0.15) is 96.8 Å². The summed E-state index contributed by atoms with van der Waals surface area (Å²) in [5, 5.41) is 11.9. The zero-order valence-electron chi connectivity index (χ0n) is 30.9. The monoisotopic (exact) mass is 752 g/mol. The maximum atomic E-state index is 13.4. The molecule has 1 aromatic heterocycles. The van der Waals surface area contributed by atoms with Gasteiger partial charge in [0, 0.05) is 51.2 Å². The number of amides is 1. The average Bonchev–Trinajstić information content (AvgIpc) is 3.13. The molecule has 1 heterocycles. The number of hydrogen-bond donors (Lipinski definition) is 2. The summed E-state index contributed by atoms with van der Waals surface area (Å²) >= 11 is 0. The van der Waals surface area contributed by atoms with E-state index in [1.165, 1.54) is 6.92 Å². The fourth-order valence-corrected chi connectivity index (χ4v) is 5.01. The highest BCUT2D eigenvalue weighted by molar-refractivity contribution is 5.81. The van der Waals surface area contributed by atoms with Crippen molar-refractivity contribution in [3.8, 4) is 0 Å². The molecule has 1 amide bonds. The molecule has 0 radical (unpaired) electrons. The summed E-state index contributed by atoms with van der Waals surface area (Å²) in [6.45, 7) is 8.38. The number of hydrogen-bond acceptors (Lipinski definition) is 13. The number of nitrogens with one attached hydrogen (secondary N) is 1. The molecule has 2 N–H and O–H groups in total. The Morgan fingerprint density at radius 2 is 0.925 bits per heavy atom. The Morgan fingerprint density at radius 3 is 1.28 bits per heavy atom. The van der Waals surface area contributed by atoms with Gasteiger partial charge in [-0.2, -0.15) is 0 Å². The van der Waals surface area contributed by atoms with Crippen molar-refractivity contribution in [2.24, 2.45) is 0 Å². The van der Waals surface area contributed by atoms with Gasteiger partial charge in [-0.3, -0.25) is 14.4 Å². The lowest BCUT2D eigenvalue weighted by Crippen LogP contribution is -2.54. The molecule has 17 nitrogen and oxygen atoms in total. The van der Waals surface area contributed by atoms with Crippen LogP contribution in [0.15, 0.2) is 39.7 Å². The van der Waals surface area contributed by atoms with Crippen molar-refractivity contribution in [1.29, 1.82) is 0 Å². The maximum absolute atomic E-state index is 13.4. The number of aliphatic hydroxyl groups is 1. The Bertz CT molecular complexity index is 1420. The molecular formula is C36H56N4O13. The van der Waals surface area contributed by atoms with Gasteiger partial charge >= 0.3 is 40.9 Å². The van der Waals surface area contributed by atoms with Gasteiger partial charge in [-0.25, -0.2) is 37.7 Å². The summed E-state index contributed by atoms with van der Waals surface area (Å²) in [5.74, 6) is -2.53. The zero-order chi connectivity index (χ0) is 39.4. The second-order valence-electron chi connectivity index (χ2n) is 12.2. The normalized spacial score (nSPS) is 11.3. The minimum atomic E-state index is -1.09. The topological polar surface area (TPSA) is 221 Å². The van der Waals surface area contributed by atoms with Crippen molar-refractivity contribution < 1.29 is 48.0 Å². The van der Waals surface area contributed by atoms with Gasteiger partial charge in [0.25, 0.3) is 0 Å². The van der Waals surface area contributed by atoms with E-state index in [0.717, 1.165) is 32.3 Å². The predicted octanol–water partition coefficient (Wildman–Crippen LogP) is 1.67. The second kappa shape index (κ2) is 27.8. The van der Waals surface area contributed by atoms with Crippen LogP contribution in [0.2, 0.25) is 0 Å². The van der Waals surface area contributed by atoms with E-state index < -0.39 is 53.0 Å². The van der Waals surface area contributed by atoms with E-state index in [0.29, 0.717) is 77.2 Å². The molecule has 1 atom stereocenters. The van der Waals surface area contributed by atoms with E-state index in [9.17, 15) is 43.5 Å². The van der Waals surface area contributed by atoms with Gasteiger partial charge in [-0.15, -0.1) is 0 Å². The maximum Gasteiger partial charge on any atom is 0.336 e. The quantitative estimate of drug-likeness (QED) is 0.0495. The van der Waals surface area contributed by atoms with Gasteiger partial charge in [-0.05, 0) is 45.4 Å². The number of aliphatic hydroxyl groups excluding tert-OH is 1. The molecule has 0 aromatic carbocycles. The standard InChI is InChI=1S/C36H56N4O13/c1-4-29(42)50-24-26-52-31(44)18-12-6-9-15-21-38-34(47)39(22-16-10-7-13-19-32(45)53-27-25-51-30(43)5-2)36(49)40(35(38)48)23-17-11-8-14-20-37-33(46)28(3)41/h4-5,28,41H,1-2,6-27H2,3H3,(H,37,46). The molecule has 298 valence electrons. The van der Waals surface area contributed by atoms with Gasteiger partial charge < -0.3 is 29.4 Å².